The smallest absolute Gasteiger partial charge is 0.292 e. The van der Waals surface area contributed by atoms with Crippen LogP contribution in [0.4, 0.5) is 5.82 Å². The Bertz CT molecular complexity index is 1520. The molecular weight excluding hydrogens is 488 g/mol. The Morgan fingerprint density at radius 2 is 1.92 bits per heavy atom. The van der Waals surface area contributed by atoms with E-state index in [2.05, 4.69) is 25.4 Å². The van der Waals surface area contributed by atoms with Gasteiger partial charge in [0.25, 0.3) is 5.91 Å². The SMILES string of the molecule is CC(=O)c1c([C@H]2C[C@H]3CC[C@@H](C2)N3C(=O)c2nnc[nH]2)nc2c(-c3cnn(CC(C)(C)O)c3)cnn2c1N. The van der Waals surface area contributed by atoms with E-state index in [4.69, 9.17) is 10.7 Å². The summed E-state index contributed by atoms with van der Waals surface area (Å²) < 4.78 is 3.17. The lowest BCUT2D eigenvalue weighted by Gasteiger charge is -2.38. The van der Waals surface area contributed by atoms with Gasteiger partial charge in [-0.1, -0.05) is 0 Å². The van der Waals surface area contributed by atoms with Crippen molar-refractivity contribution in [2.24, 2.45) is 0 Å². The monoisotopic (exact) mass is 518 g/mol. The molecule has 2 aliphatic rings. The molecule has 0 spiro atoms. The highest BCUT2D eigenvalue weighted by Crippen LogP contribution is 2.45. The van der Waals surface area contributed by atoms with E-state index in [9.17, 15) is 14.7 Å². The van der Waals surface area contributed by atoms with Crippen molar-refractivity contribution in [2.75, 3.05) is 5.73 Å². The first-order valence-corrected chi connectivity index (χ1v) is 12.7. The number of fused-ring (bicyclic) bond motifs is 3. The lowest BCUT2D eigenvalue weighted by molar-refractivity contribution is 0.0554. The van der Waals surface area contributed by atoms with Crippen LogP contribution in [0.2, 0.25) is 0 Å². The molecule has 6 heterocycles. The average Bonchev–Trinajstić information content (AvgIpc) is 3.64. The molecule has 2 aliphatic heterocycles. The number of H-pyrrole nitrogens is 1. The van der Waals surface area contributed by atoms with E-state index >= 15 is 0 Å². The standard InChI is InChI=1S/C25H30N10O3/c1-13(36)19-20(14-6-16-4-5-17(7-14)34(16)24(37)22-27-12-28-32-22)31-23-18(9-30-35(23)21(19)26)15-8-29-33(10-15)11-25(2,3)38/h8-10,12,14,16-17,38H,4-7,11,26H2,1-3H3,(H,27,28,32)/t14-,16+,17-. The number of anilines is 1. The fraction of sp³-hybridized carbons (Fsp3) is 0.480. The number of hydrogen-bond acceptors (Lipinski definition) is 9. The van der Waals surface area contributed by atoms with Crippen LogP contribution >= 0.6 is 0 Å². The van der Waals surface area contributed by atoms with Crippen LogP contribution in [-0.2, 0) is 6.54 Å². The van der Waals surface area contributed by atoms with Gasteiger partial charge in [-0.2, -0.15) is 14.7 Å². The van der Waals surface area contributed by atoms with Crippen molar-refractivity contribution in [3.05, 3.63) is 42.0 Å². The van der Waals surface area contributed by atoms with Crippen LogP contribution in [0.5, 0.6) is 0 Å². The minimum Gasteiger partial charge on any atom is -0.389 e. The zero-order chi connectivity index (χ0) is 26.8. The van der Waals surface area contributed by atoms with Crippen molar-refractivity contribution in [3.63, 3.8) is 0 Å². The van der Waals surface area contributed by atoms with Gasteiger partial charge in [0.1, 0.15) is 12.1 Å². The third-order valence-electron chi connectivity index (χ3n) is 7.53. The maximum Gasteiger partial charge on any atom is 0.292 e. The molecule has 0 aliphatic carbocycles. The number of nitrogen functional groups attached to an aromatic ring is 1. The van der Waals surface area contributed by atoms with E-state index in [0.29, 0.717) is 36.3 Å². The summed E-state index contributed by atoms with van der Waals surface area (Å²) in [6, 6.07) is 0.0275. The molecule has 2 fully saturated rings. The molecule has 4 aromatic rings. The fourth-order valence-electron chi connectivity index (χ4n) is 6.04. The third kappa shape index (κ3) is 4.02. The number of carbonyl (C=O) groups excluding carboxylic acids is 2. The topological polar surface area (TPSA) is 173 Å². The van der Waals surface area contributed by atoms with Crippen molar-refractivity contribution in [1.29, 1.82) is 0 Å². The van der Waals surface area contributed by atoms with Gasteiger partial charge in [-0.15, -0.1) is 10.2 Å². The highest BCUT2D eigenvalue weighted by Gasteiger charge is 2.45. The zero-order valence-electron chi connectivity index (χ0n) is 21.5. The number of aliphatic hydroxyl groups is 1. The molecule has 0 unspecified atom stereocenters. The van der Waals surface area contributed by atoms with Gasteiger partial charge in [0.05, 0.1) is 35.8 Å². The first-order chi connectivity index (χ1) is 18.1. The van der Waals surface area contributed by atoms with E-state index < -0.39 is 5.60 Å². The van der Waals surface area contributed by atoms with Crippen LogP contribution < -0.4 is 5.73 Å². The summed E-state index contributed by atoms with van der Waals surface area (Å²) in [4.78, 5) is 35.6. The number of nitrogens with two attached hydrogens (primary N) is 1. The molecule has 6 rings (SSSR count). The fourth-order valence-corrected chi connectivity index (χ4v) is 6.04. The molecule has 13 nitrogen and oxygen atoms in total. The third-order valence-corrected chi connectivity index (χ3v) is 7.53. The van der Waals surface area contributed by atoms with E-state index in [1.807, 2.05) is 11.1 Å². The van der Waals surface area contributed by atoms with Gasteiger partial charge >= 0.3 is 0 Å². The Morgan fingerprint density at radius 3 is 2.55 bits per heavy atom. The summed E-state index contributed by atoms with van der Waals surface area (Å²) >= 11 is 0. The average molecular weight is 519 g/mol. The molecule has 2 saturated heterocycles. The van der Waals surface area contributed by atoms with E-state index in [1.54, 1.807) is 30.9 Å². The van der Waals surface area contributed by atoms with Crippen LogP contribution in [0.3, 0.4) is 0 Å². The van der Waals surface area contributed by atoms with Crippen LogP contribution in [-0.4, -0.2) is 78.9 Å². The molecule has 198 valence electrons. The van der Waals surface area contributed by atoms with Crippen molar-refractivity contribution in [1.82, 2.24) is 44.5 Å². The lowest BCUT2D eigenvalue weighted by atomic mass is 9.85. The van der Waals surface area contributed by atoms with Gasteiger partial charge in [0.15, 0.2) is 11.4 Å². The number of rotatable bonds is 6. The molecule has 2 bridgehead atoms. The van der Waals surface area contributed by atoms with Crippen LogP contribution in [0.25, 0.3) is 16.8 Å². The van der Waals surface area contributed by atoms with Crippen LogP contribution in [0.1, 0.15) is 79.0 Å². The van der Waals surface area contributed by atoms with Crippen molar-refractivity contribution in [3.8, 4) is 11.1 Å². The minimum atomic E-state index is -0.917. The summed E-state index contributed by atoms with van der Waals surface area (Å²) in [7, 11) is 0. The number of aromatic nitrogens is 8. The predicted octanol–water partition coefficient (Wildman–Crippen LogP) is 1.82. The summed E-state index contributed by atoms with van der Waals surface area (Å²) in [5.41, 5.74) is 8.70. The quantitative estimate of drug-likeness (QED) is 0.322. The molecule has 0 radical (unpaired) electrons. The van der Waals surface area contributed by atoms with Crippen LogP contribution in [0.15, 0.2) is 24.9 Å². The number of nitrogens with one attached hydrogen (secondary N) is 1. The maximum absolute atomic E-state index is 13.1. The van der Waals surface area contributed by atoms with Gasteiger partial charge in [-0.25, -0.2) is 4.98 Å². The van der Waals surface area contributed by atoms with Gasteiger partial charge in [-0.3, -0.25) is 14.3 Å². The molecular formula is C25H30N10O3. The maximum atomic E-state index is 13.1. The summed E-state index contributed by atoms with van der Waals surface area (Å²) in [5.74, 6) is 0.125. The summed E-state index contributed by atoms with van der Waals surface area (Å²) in [5, 5.41) is 26.6. The Balaban J connectivity index is 1.38. The Labute approximate surface area is 218 Å². The number of amides is 1. The lowest BCUT2D eigenvalue weighted by Crippen LogP contribution is -2.46. The van der Waals surface area contributed by atoms with Crippen molar-refractivity contribution >= 4 is 23.2 Å². The first kappa shape index (κ1) is 24.2. The molecule has 0 aromatic carbocycles. The number of Topliss-reactive ketones (excluding diaryl/α,β-unsaturated/α-hetero) is 1. The van der Waals surface area contributed by atoms with Gasteiger partial charge in [0, 0.05) is 35.3 Å². The summed E-state index contributed by atoms with van der Waals surface area (Å²) in [6.45, 7) is 5.26. The zero-order valence-corrected chi connectivity index (χ0v) is 21.5. The number of nitrogens with zero attached hydrogens (tertiary/aromatic N) is 8. The van der Waals surface area contributed by atoms with Gasteiger partial charge in [0.2, 0.25) is 5.82 Å². The molecule has 0 saturated carbocycles. The Morgan fingerprint density at radius 1 is 1.18 bits per heavy atom. The van der Waals surface area contributed by atoms with E-state index in [0.717, 1.165) is 24.0 Å². The second kappa shape index (κ2) is 8.72. The van der Waals surface area contributed by atoms with Crippen molar-refractivity contribution < 1.29 is 14.7 Å². The normalized spacial score (nSPS) is 21.4. The molecule has 1 amide bonds. The number of aromatic amines is 1. The highest BCUT2D eigenvalue weighted by molar-refractivity contribution is 6.00. The van der Waals surface area contributed by atoms with E-state index in [-0.39, 0.29) is 41.3 Å². The molecule has 4 aromatic heterocycles. The predicted molar refractivity (Wildman–Crippen MR) is 136 cm³/mol. The van der Waals surface area contributed by atoms with E-state index in [1.165, 1.54) is 17.8 Å². The number of ketones is 1. The molecule has 38 heavy (non-hydrogen) atoms. The molecule has 13 heteroatoms. The largest absolute Gasteiger partial charge is 0.389 e. The number of piperidine rings is 1. The Kier molecular flexibility index (Phi) is 5.56. The highest BCUT2D eigenvalue weighted by atomic mass is 16.3. The van der Waals surface area contributed by atoms with Gasteiger partial charge < -0.3 is 20.7 Å². The number of hydrogen-bond donors (Lipinski definition) is 3. The second-order valence-electron chi connectivity index (χ2n) is 10.9. The van der Waals surface area contributed by atoms with Crippen molar-refractivity contribution in [2.45, 2.75) is 76.6 Å². The Hall–Kier alpha value is -4.13. The first-order valence-electron chi connectivity index (χ1n) is 12.7. The van der Waals surface area contributed by atoms with Gasteiger partial charge in [-0.05, 0) is 46.5 Å². The number of carbonyl (C=O) groups is 2. The second-order valence-corrected chi connectivity index (χ2v) is 10.9. The molecule has 3 atom stereocenters. The minimum absolute atomic E-state index is 0.0138. The summed E-state index contributed by atoms with van der Waals surface area (Å²) in [6.07, 6.45) is 9.71. The molecule has 4 N–H and O–H groups in total. The van der Waals surface area contributed by atoms with Crippen LogP contribution in [0, 0.1) is 0 Å².